The van der Waals surface area contributed by atoms with Gasteiger partial charge in [0.1, 0.15) is 30.7 Å². The predicted octanol–water partition coefficient (Wildman–Crippen LogP) is 0.471. The summed E-state index contributed by atoms with van der Waals surface area (Å²) in [6.07, 6.45) is 1.65. The molecule has 0 radical (unpaired) electrons. The molecule has 1 aromatic heterocycles. The molecule has 4 N–H and O–H groups in total. The molecule has 3 heterocycles. The Balaban J connectivity index is 1.53. The van der Waals surface area contributed by atoms with Crippen LogP contribution in [0.25, 0.3) is 11.3 Å². The van der Waals surface area contributed by atoms with Crippen LogP contribution >= 0.6 is 0 Å². The number of nitrogens with zero attached hydrogens (tertiary/aromatic N) is 2. The van der Waals surface area contributed by atoms with Crippen LogP contribution in [0.5, 0.6) is 0 Å². The highest BCUT2D eigenvalue weighted by molar-refractivity contribution is 5.59. The molecular formula is C16H18FN4O2+. The van der Waals surface area contributed by atoms with Gasteiger partial charge in [0.15, 0.2) is 0 Å². The molecule has 0 saturated carbocycles. The number of anilines is 1. The lowest BCUT2D eigenvalue weighted by atomic mass is 10.1. The summed E-state index contributed by atoms with van der Waals surface area (Å²) in [5.74, 6) is 0.195. The Hall–Kier alpha value is -2.09. The highest BCUT2D eigenvalue weighted by Gasteiger charge is 2.48. The minimum Gasteiger partial charge on any atom is -0.367 e. The number of benzene rings is 1. The maximum absolute atomic E-state index is 13.4. The van der Waals surface area contributed by atoms with Crippen LogP contribution < -0.4 is 11.1 Å². The van der Waals surface area contributed by atoms with Gasteiger partial charge in [0.2, 0.25) is 5.95 Å². The quantitative estimate of drug-likeness (QED) is 0.860. The predicted molar refractivity (Wildman–Crippen MR) is 81.0 cm³/mol. The Bertz CT molecular complexity index is 714. The third kappa shape index (κ3) is 2.78. The number of aromatic nitrogens is 2. The van der Waals surface area contributed by atoms with E-state index in [9.17, 15) is 4.39 Å². The van der Waals surface area contributed by atoms with Crippen molar-refractivity contribution in [2.24, 2.45) is 0 Å². The molecule has 23 heavy (non-hydrogen) atoms. The summed E-state index contributed by atoms with van der Waals surface area (Å²) in [4.78, 5) is 8.71. The van der Waals surface area contributed by atoms with Gasteiger partial charge in [-0.05, 0) is 18.2 Å². The second kappa shape index (κ2) is 5.84. The topological polar surface area (TPSA) is 83.9 Å². The van der Waals surface area contributed by atoms with Gasteiger partial charge in [-0.3, -0.25) is 0 Å². The monoisotopic (exact) mass is 317 g/mol. The number of nitrogens with one attached hydrogen (secondary N) is 1. The van der Waals surface area contributed by atoms with Crippen LogP contribution in [0, 0.1) is 5.82 Å². The molecule has 7 heteroatoms. The van der Waals surface area contributed by atoms with Crippen molar-refractivity contribution in [1.29, 1.82) is 0 Å². The van der Waals surface area contributed by atoms with Gasteiger partial charge in [0.05, 0.1) is 18.3 Å². The van der Waals surface area contributed by atoms with Gasteiger partial charge < -0.3 is 20.5 Å². The number of quaternary nitrogens is 1. The average molecular weight is 317 g/mol. The molecule has 0 aliphatic carbocycles. The van der Waals surface area contributed by atoms with Gasteiger partial charge in [0.25, 0.3) is 0 Å². The molecule has 0 bridgehead atoms. The molecule has 0 spiro atoms. The van der Waals surface area contributed by atoms with E-state index in [1.165, 1.54) is 12.1 Å². The van der Waals surface area contributed by atoms with E-state index in [0.29, 0.717) is 30.4 Å². The normalized spacial score (nSPS) is 29.5. The van der Waals surface area contributed by atoms with Gasteiger partial charge in [-0.25, -0.2) is 14.4 Å². The van der Waals surface area contributed by atoms with E-state index in [-0.39, 0.29) is 30.1 Å². The minimum atomic E-state index is -0.288. The molecule has 2 fully saturated rings. The number of rotatable bonds is 3. The first-order valence-electron chi connectivity index (χ1n) is 7.62. The molecule has 2 aliphatic rings. The standard InChI is InChI=1S/C16H17FN4O2/c17-10-3-1-2-9(6-10)12-4-5-19-16(20-12)21-13-8-23-14-11(18)7-22-15(13)14/h1-6,11,13-15H,7-8,18H2,(H,19,20,21)/p+1/t11-,13-,14+,15+/m0/s1. The first kappa shape index (κ1) is 14.5. The summed E-state index contributed by atoms with van der Waals surface area (Å²) in [6.45, 7) is 1.15. The summed E-state index contributed by atoms with van der Waals surface area (Å²) < 4.78 is 24.9. The fourth-order valence-corrected chi connectivity index (χ4v) is 3.10. The molecular weight excluding hydrogens is 299 g/mol. The van der Waals surface area contributed by atoms with Crippen molar-refractivity contribution in [3.63, 3.8) is 0 Å². The van der Waals surface area contributed by atoms with Crippen molar-refractivity contribution in [2.45, 2.75) is 24.3 Å². The molecule has 2 saturated heterocycles. The molecule has 4 rings (SSSR count). The zero-order valence-electron chi connectivity index (χ0n) is 12.5. The van der Waals surface area contributed by atoms with Crippen LogP contribution in [0.3, 0.4) is 0 Å². The highest BCUT2D eigenvalue weighted by atomic mass is 19.1. The lowest BCUT2D eigenvalue weighted by Crippen LogP contribution is -2.66. The van der Waals surface area contributed by atoms with Gasteiger partial charge in [0, 0.05) is 11.8 Å². The van der Waals surface area contributed by atoms with Gasteiger partial charge in [-0.2, -0.15) is 0 Å². The summed E-state index contributed by atoms with van der Waals surface area (Å²) in [5.41, 5.74) is 5.42. The molecule has 4 atom stereocenters. The van der Waals surface area contributed by atoms with Gasteiger partial charge in [-0.1, -0.05) is 12.1 Å². The van der Waals surface area contributed by atoms with Crippen LogP contribution in [0.2, 0.25) is 0 Å². The Morgan fingerprint density at radius 2 is 2.04 bits per heavy atom. The highest BCUT2D eigenvalue weighted by Crippen LogP contribution is 2.27. The first-order chi connectivity index (χ1) is 11.2. The fraction of sp³-hybridized carbons (Fsp3) is 0.375. The molecule has 0 unspecified atom stereocenters. The van der Waals surface area contributed by atoms with Crippen molar-refractivity contribution in [2.75, 3.05) is 18.5 Å². The van der Waals surface area contributed by atoms with Crippen molar-refractivity contribution < 1.29 is 19.6 Å². The van der Waals surface area contributed by atoms with E-state index >= 15 is 0 Å². The summed E-state index contributed by atoms with van der Waals surface area (Å²) >= 11 is 0. The minimum absolute atomic E-state index is 0.00508. The zero-order chi connectivity index (χ0) is 15.8. The summed E-state index contributed by atoms with van der Waals surface area (Å²) in [5, 5.41) is 3.26. The maximum atomic E-state index is 13.4. The van der Waals surface area contributed by atoms with Gasteiger partial charge in [-0.15, -0.1) is 0 Å². The number of halogens is 1. The SMILES string of the molecule is [NH3+][C@H]1CO[C@H]2[C@@H]1OC[C@@H]2Nc1nccc(-c2cccc(F)c2)n1. The maximum Gasteiger partial charge on any atom is 0.223 e. The average Bonchev–Trinajstić information content (AvgIpc) is 3.12. The largest absolute Gasteiger partial charge is 0.367 e. The Kier molecular flexibility index (Phi) is 3.68. The molecule has 120 valence electrons. The Morgan fingerprint density at radius 3 is 2.91 bits per heavy atom. The first-order valence-corrected chi connectivity index (χ1v) is 7.62. The Labute approximate surface area is 132 Å². The van der Waals surface area contributed by atoms with Crippen molar-refractivity contribution in [1.82, 2.24) is 9.97 Å². The zero-order valence-corrected chi connectivity index (χ0v) is 12.5. The lowest BCUT2D eigenvalue weighted by molar-refractivity contribution is -0.430. The van der Waals surface area contributed by atoms with Crippen molar-refractivity contribution >= 4 is 5.95 Å². The smallest absolute Gasteiger partial charge is 0.223 e. The van der Waals surface area contributed by atoms with Gasteiger partial charge >= 0.3 is 0 Å². The number of hydrogen-bond acceptors (Lipinski definition) is 5. The third-order valence-corrected chi connectivity index (χ3v) is 4.25. The van der Waals surface area contributed by atoms with Crippen LogP contribution in [-0.4, -0.2) is 47.5 Å². The number of ether oxygens (including phenoxy) is 2. The van der Waals surface area contributed by atoms with Crippen molar-refractivity contribution in [3.05, 3.63) is 42.3 Å². The number of hydrogen-bond donors (Lipinski definition) is 2. The summed E-state index contributed by atoms with van der Waals surface area (Å²) in [7, 11) is 0. The van der Waals surface area contributed by atoms with E-state index in [1.807, 2.05) is 6.07 Å². The molecule has 2 aromatic rings. The molecule has 1 aromatic carbocycles. The summed E-state index contributed by atoms with van der Waals surface area (Å²) in [6, 6.07) is 8.25. The van der Waals surface area contributed by atoms with E-state index in [1.54, 1.807) is 18.3 Å². The number of fused-ring (bicyclic) bond motifs is 1. The van der Waals surface area contributed by atoms with E-state index in [0.717, 1.165) is 0 Å². The van der Waals surface area contributed by atoms with Crippen LogP contribution in [0.4, 0.5) is 10.3 Å². The third-order valence-electron chi connectivity index (χ3n) is 4.25. The Morgan fingerprint density at radius 1 is 1.17 bits per heavy atom. The van der Waals surface area contributed by atoms with Crippen LogP contribution in [0.15, 0.2) is 36.5 Å². The second-order valence-electron chi connectivity index (χ2n) is 5.88. The fourth-order valence-electron chi connectivity index (χ4n) is 3.10. The second-order valence-corrected chi connectivity index (χ2v) is 5.88. The van der Waals surface area contributed by atoms with E-state index in [4.69, 9.17) is 9.47 Å². The van der Waals surface area contributed by atoms with Crippen LogP contribution in [-0.2, 0) is 9.47 Å². The molecule has 6 nitrogen and oxygen atoms in total. The van der Waals surface area contributed by atoms with E-state index < -0.39 is 0 Å². The molecule has 2 aliphatic heterocycles. The van der Waals surface area contributed by atoms with E-state index in [2.05, 4.69) is 21.0 Å². The lowest BCUT2D eigenvalue weighted by Gasteiger charge is -2.17. The molecule has 0 amide bonds. The van der Waals surface area contributed by atoms with Crippen LogP contribution in [0.1, 0.15) is 0 Å². The van der Waals surface area contributed by atoms with Crippen molar-refractivity contribution in [3.8, 4) is 11.3 Å².